The Morgan fingerprint density at radius 2 is 1.33 bits per heavy atom. The summed E-state index contributed by atoms with van der Waals surface area (Å²) < 4.78 is 21.2. The third-order valence-electron chi connectivity index (χ3n) is 1.16. The van der Waals surface area contributed by atoms with Crippen LogP contribution in [0.25, 0.3) is 0 Å². The van der Waals surface area contributed by atoms with Crippen LogP contribution in [0.5, 0.6) is 0 Å². The monoisotopic (exact) mass is 292 g/mol. The number of thiol groups is 2. The Hall–Kier alpha value is 0.01000. The third kappa shape index (κ3) is 24.9. The van der Waals surface area contributed by atoms with Crippen molar-refractivity contribution >= 4 is 57.0 Å². The zero-order chi connectivity index (χ0) is 12.5. The smallest absolute Gasteiger partial charge is 0.450 e. The summed E-state index contributed by atoms with van der Waals surface area (Å²) in [7, 11) is -2.55. The van der Waals surface area contributed by atoms with Crippen molar-refractivity contribution < 1.29 is 23.4 Å². The van der Waals surface area contributed by atoms with Gasteiger partial charge in [-0.2, -0.15) is 0 Å². The second kappa shape index (κ2) is 9.25. The van der Waals surface area contributed by atoms with Gasteiger partial charge in [-0.25, -0.2) is 13.2 Å². The molecule has 1 aliphatic heterocycles. The SMILES string of the molecule is O=C(O)O.O=S1(=O)CCCC1.S=C(S)S. The molecule has 0 aromatic rings. The van der Waals surface area contributed by atoms with Crippen LogP contribution in [0.1, 0.15) is 12.8 Å². The van der Waals surface area contributed by atoms with E-state index in [1.165, 1.54) is 0 Å². The largest absolute Gasteiger partial charge is 0.503 e. The van der Waals surface area contributed by atoms with Gasteiger partial charge in [0, 0.05) is 0 Å². The number of carboxylic acid groups (broad SMARTS) is 2. The highest BCUT2D eigenvalue weighted by Crippen LogP contribution is 2.08. The van der Waals surface area contributed by atoms with Crippen LogP contribution in [-0.2, 0) is 9.84 Å². The van der Waals surface area contributed by atoms with Gasteiger partial charge in [-0.05, 0) is 12.8 Å². The van der Waals surface area contributed by atoms with Crippen molar-refractivity contribution in [3.8, 4) is 0 Å². The van der Waals surface area contributed by atoms with Crippen LogP contribution in [-0.4, -0.2) is 39.8 Å². The Balaban J connectivity index is 0. The second-order valence-electron chi connectivity index (χ2n) is 2.42. The summed E-state index contributed by atoms with van der Waals surface area (Å²) in [6.45, 7) is 0. The molecule has 0 amide bonds. The average molecular weight is 292 g/mol. The van der Waals surface area contributed by atoms with E-state index in [0.29, 0.717) is 15.0 Å². The lowest BCUT2D eigenvalue weighted by Crippen LogP contribution is -1.98. The van der Waals surface area contributed by atoms with Crippen molar-refractivity contribution in [2.24, 2.45) is 0 Å². The molecule has 0 saturated carbocycles. The van der Waals surface area contributed by atoms with E-state index in [9.17, 15) is 8.42 Å². The minimum absolute atomic E-state index is 0.389. The first-order chi connectivity index (χ1) is 6.67. The van der Waals surface area contributed by atoms with E-state index in [1.807, 2.05) is 0 Å². The van der Waals surface area contributed by atoms with Gasteiger partial charge in [0.1, 0.15) is 9.84 Å². The van der Waals surface area contributed by atoms with Gasteiger partial charge < -0.3 is 10.2 Å². The Labute approximate surface area is 105 Å². The Morgan fingerprint density at radius 1 is 1.13 bits per heavy atom. The first-order valence-electron chi connectivity index (χ1n) is 3.71. The molecule has 0 spiro atoms. The van der Waals surface area contributed by atoms with Gasteiger partial charge in [-0.15, -0.1) is 25.3 Å². The molecular formula is C6H12O5S4. The summed E-state index contributed by atoms with van der Waals surface area (Å²) in [5.74, 6) is 0.847. The summed E-state index contributed by atoms with van der Waals surface area (Å²) in [5, 5.41) is 13.9. The van der Waals surface area contributed by atoms with E-state index in [2.05, 4.69) is 37.5 Å². The Bertz CT molecular complexity index is 265. The van der Waals surface area contributed by atoms with E-state index in [4.69, 9.17) is 15.0 Å². The van der Waals surface area contributed by atoms with Gasteiger partial charge in [0.05, 0.1) is 15.0 Å². The summed E-state index contributed by atoms with van der Waals surface area (Å²) in [6.07, 6.45) is -0.0787. The van der Waals surface area contributed by atoms with Gasteiger partial charge in [0.2, 0.25) is 0 Å². The van der Waals surface area contributed by atoms with E-state index < -0.39 is 16.0 Å². The lowest BCUT2D eigenvalue weighted by molar-refractivity contribution is 0.137. The first-order valence-corrected chi connectivity index (χ1v) is 6.84. The number of hydrogen-bond donors (Lipinski definition) is 4. The summed E-state index contributed by atoms with van der Waals surface area (Å²) in [5.41, 5.74) is 0. The highest BCUT2D eigenvalue weighted by molar-refractivity contribution is 8.34. The summed E-state index contributed by atoms with van der Waals surface area (Å²) in [6, 6.07) is 0. The molecule has 0 bridgehead atoms. The molecule has 0 radical (unpaired) electrons. The molecule has 2 N–H and O–H groups in total. The Morgan fingerprint density at radius 3 is 1.40 bits per heavy atom. The lowest BCUT2D eigenvalue weighted by atomic mass is 10.4. The molecule has 0 unspecified atom stereocenters. The molecular weight excluding hydrogens is 280 g/mol. The highest BCUT2D eigenvalue weighted by Gasteiger charge is 2.16. The Kier molecular flexibility index (Phi) is 10.7. The number of hydrogen-bond acceptors (Lipinski definition) is 4. The van der Waals surface area contributed by atoms with Crippen LogP contribution in [0.15, 0.2) is 0 Å². The standard InChI is InChI=1S/C4H8O2S.CH2O3.CH2S3/c5-7(6)3-1-2-4-7;2*2-1(3)4/h1-4H2;2*(H2,2,3,4). The van der Waals surface area contributed by atoms with Crippen molar-refractivity contribution in [3.05, 3.63) is 0 Å². The highest BCUT2D eigenvalue weighted by atomic mass is 32.2. The molecule has 9 heteroatoms. The lowest BCUT2D eigenvalue weighted by Gasteiger charge is -1.81. The second-order valence-corrected chi connectivity index (χ2v) is 6.99. The summed E-state index contributed by atoms with van der Waals surface area (Å²) >= 11 is 11.4. The van der Waals surface area contributed by atoms with Crippen LogP contribution in [0, 0.1) is 0 Å². The zero-order valence-electron chi connectivity index (χ0n) is 7.66. The van der Waals surface area contributed by atoms with Crippen LogP contribution < -0.4 is 0 Å². The molecule has 0 aromatic carbocycles. The predicted octanol–water partition coefficient (Wildman–Crippen LogP) is 1.55. The van der Waals surface area contributed by atoms with Crippen LogP contribution in [0.4, 0.5) is 4.79 Å². The molecule has 1 heterocycles. The predicted molar refractivity (Wildman–Crippen MR) is 69.1 cm³/mol. The first kappa shape index (κ1) is 17.4. The minimum atomic E-state index is -2.55. The van der Waals surface area contributed by atoms with E-state index in [1.54, 1.807) is 0 Å². The molecule has 1 rings (SSSR count). The van der Waals surface area contributed by atoms with Gasteiger partial charge >= 0.3 is 6.16 Å². The number of rotatable bonds is 0. The van der Waals surface area contributed by atoms with Crippen molar-refractivity contribution in [3.63, 3.8) is 0 Å². The van der Waals surface area contributed by atoms with Crippen LogP contribution in [0.3, 0.4) is 0 Å². The van der Waals surface area contributed by atoms with Gasteiger partial charge in [0.25, 0.3) is 0 Å². The van der Waals surface area contributed by atoms with E-state index in [-0.39, 0.29) is 0 Å². The quantitative estimate of drug-likeness (QED) is 0.400. The fourth-order valence-corrected chi connectivity index (χ4v) is 2.24. The molecule has 0 aliphatic carbocycles. The number of carbonyl (C=O) groups is 1. The molecule has 1 aliphatic rings. The molecule has 90 valence electrons. The fourth-order valence-electron chi connectivity index (χ4n) is 0.746. The van der Waals surface area contributed by atoms with E-state index >= 15 is 0 Å². The third-order valence-corrected chi connectivity index (χ3v) is 2.98. The fraction of sp³-hybridized carbons (Fsp3) is 0.667. The normalized spacial score (nSPS) is 16.4. The van der Waals surface area contributed by atoms with Crippen molar-refractivity contribution in [2.75, 3.05) is 11.5 Å². The van der Waals surface area contributed by atoms with Crippen LogP contribution in [0.2, 0.25) is 0 Å². The molecule has 1 saturated heterocycles. The topological polar surface area (TPSA) is 91.7 Å². The molecule has 1 fully saturated rings. The van der Waals surface area contributed by atoms with Gasteiger partial charge in [-0.1, -0.05) is 12.2 Å². The number of thiocarbonyl (C=S) groups is 1. The molecule has 0 aromatic heterocycles. The average Bonchev–Trinajstić information content (AvgIpc) is 2.31. The minimum Gasteiger partial charge on any atom is -0.450 e. The zero-order valence-corrected chi connectivity index (χ0v) is 11.1. The van der Waals surface area contributed by atoms with Gasteiger partial charge in [-0.3, -0.25) is 0 Å². The van der Waals surface area contributed by atoms with Gasteiger partial charge in [0.15, 0.2) is 0 Å². The molecule has 5 nitrogen and oxygen atoms in total. The maximum atomic E-state index is 10.4. The summed E-state index contributed by atoms with van der Waals surface area (Å²) in [4.78, 5) is 8.56. The van der Waals surface area contributed by atoms with Crippen molar-refractivity contribution in [1.29, 1.82) is 0 Å². The van der Waals surface area contributed by atoms with Crippen molar-refractivity contribution in [2.45, 2.75) is 12.8 Å². The van der Waals surface area contributed by atoms with Crippen molar-refractivity contribution in [1.82, 2.24) is 0 Å². The van der Waals surface area contributed by atoms with Crippen LogP contribution >= 0.6 is 37.5 Å². The maximum absolute atomic E-state index is 10.4. The van der Waals surface area contributed by atoms with E-state index in [0.717, 1.165) is 12.8 Å². The molecule has 15 heavy (non-hydrogen) atoms. The molecule has 0 atom stereocenters. The maximum Gasteiger partial charge on any atom is 0.503 e. The number of sulfone groups is 1.